The predicted octanol–water partition coefficient (Wildman–Crippen LogP) is 1.70. The molecule has 1 aromatic carbocycles. The number of aromatic amines is 1. The van der Waals surface area contributed by atoms with Gasteiger partial charge in [0, 0.05) is 49.8 Å². The van der Waals surface area contributed by atoms with Crippen molar-refractivity contribution in [3.8, 4) is 0 Å². The van der Waals surface area contributed by atoms with Gasteiger partial charge in [-0.1, -0.05) is 0 Å². The molecule has 1 aliphatic rings. The summed E-state index contributed by atoms with van der Waals surface area (Å²) in [4.78, 5) is 19.7. The normalized spacial score (nSPS) is 17.2. The van der Waals surface area contributed by atoms with Crippen LogP contribution in [0.25, 0.3) is 10.9 Å². The third-order valence-electron chi connectivity index (χ3n) is 4.18. The summed E-state index contributed by atoms with van der Waals surface area (Å²) in [5, 5.41) is 1.11. The largest absolute Gasteiger partial charge is 0.465 e. The summed E-state index contributed by atoms with van der Waals surface area (Å²) in [6.07, 6.45) is 2.05. The molecule has 2 heterocycles. The van der Waals surface area contributed by atoms with Crippen molar-refractivity contribution in [1.82, 2.24) is 14.8 Å². The summed E-state index contributed by atoms with van der Waals surface area (Å²) < 4.78 is 4.80. The zero-order valence-electron chi connectivity index (χ0n) is 12.6. The number of rotatable bonds is 3. The molecule has 0 amide bonds. The highest BCUT2D eigenvalue weighted by Crippen LogP contribution is 2.22. The number of hydrogen-bond donors (Lipinski definition) is 1. The van der Waals surface area contributed by atoms with Crippen molar-refractivity contribution in [1.29, 1.82) is 0 Å². The van der Waals surface area contributed by atoms with Crippen LogP contribution in [0, 0.1) is 0 Å². The topological polar surface area (TPSA) is 48.6 Å². The number of nitrogens with one attached hydrogen (secondary N) is 1. The minimum atomic E-state index is -0.288. The quantitative estimate of drug-likeness (QED) is 0.873. The van der Waals surface area contributed by atoms with Gasteiger partial charge in [0.05, 0.1) is 12.7 Å². The number of H-pyrrole nitrogens is 1. The lowest BCUT2D eigenvalue weighted by atomic mass is 10.1. The number of methoxy groups -OCH3 is 1. The van der Waals surface area contributed by atoms with Crippen LogP contribution in [0.5, 0.6) is 0 Å². The van der Waals surface area contributed by atoms with Crippen LogP contribution < -0.4 is 0 Å². The van der Waals surface area contributed by atoms with Crippen LogP contribution in [-0.4, -0.2) is 61.1 Å². The maximum Gasteiger partial charge on any atom is 0.337 e. The van der Waals surface area contributed by atoms with Gasteiger partial charge in [-0.3, -0.25) is 4.90 Å². The summed E-state index contributed by atoms with van der Waals surface area (Å²) in [5.74, 6) is -0.288. The molecule has 0 spiro atoms. The lowest BCUT2D eigenvalue weighted by molar-refractivity contribution is 0.0601. The van der Waals surface area contributed by atoms with E-state index in [4.69, 9.17) is 4.74 Å². The molecule has 0 aliphatic carbocycles. The highest BCUT2D eigenvalue weighted by Gasteiger charge is 2.16. The van der Waals surface area contributed by atoms with Gasteiger partial charge in [-0.2, -0.15) is 0 Å². The molecule has 1 saturated heterocycles. The van der Waals surface area contributed by atoms with Crippen LogP contribution in [0.4, 0.5) is 0 Å². The maximum atomic E-state index is 11.7. The molecule has 1 aromatic heterocycles. The van der Waals surface area contributed by atoms with Gasteiger partial charge in [0.15, 0.2) is 0 Å². The van der Waals surface area contributed by atoms with E-state index in [0.29, 0.717) is 5.56 Å². The average Bonchev–Trinajstić information content (AvgIpc) is 2.91. The lowest BCUT2D eigenvalue weighted by Gasteiger charge is -2.32. The van der Waals surface area contributed by atoms with Crippen molar-refractivity contribution in [2.75, 3.05) is 40.3 Å². The fourth-order valence-corrected chi connectivity index (χ4v) is 2.80. The Morgan fingerprint density at radius 1 is 1.29 bits per heavy atom. The second-order valence-corrected chi connectivity index (χ2v) is 5.65. The van der Waals surface area contributed by atoms with E-state index in [0.717, 1.165) is 43.6 Å². The van der Waals surface area contributed by atoms with E-state index in [1.807, 2.05) is 18.3 Å². The van der Waals surface area contributed by atoms with E-state index in [1.165, 1.54) is 12.7 Å². The molecule has 1 aliphatic heterocycles. The van der Waals surface area contributed by atoms with Gasteiger partial charge < -0.3 is 14.6 Å². The maximum absolute atomic E-state index is 11.7. The molecule has 0 radical (unpaired) electrons. The van der Waals surface area contributed by atoms with E-state index in [9.17, 15) is 4.79 Å². The number of nitrogens with zero attached hydrogens (tertiary/aromatic N) is 2. The molecule has 0 atom stereocenters. The van der Waals surface area contributed by atoms with Gasteiger partial charge in [0.25, 0.3) is 0 Å². The molecule has 5 heteroatoms. The number of benzene rings is 1. The molecular formula is C16H21N3O2. The molecular weight excluding hydrogens is 266 g/mol. The number of hydrogen-bond acceptors (Lipinski definition) is 4. The van der Waals surface area contributed by atoms with Gasteiger partial charge >= 0.3 is 5.97 Å². The monoisotopic (exact) mass is 287 g/mol. The Labute approximate surface area is 124 Å². The Balaban J connectivity index is 1.83. The third-order valence-corrected chi connectivity index (χ3v) is 4.18. The first kappa shape index (κ1) is 14.1. The number of likely N-dealkylation sites (N-methyl/N-ethyl adjacent to an activating group) is 1. The fraction of sp³-hybridized carbons (Fsp3) is 0.438. The Morgan fingerprint density at radius 3 is 2.76 bits per heavy atom. The van der Waals surface area contributed by atoms with E-state index in [1.54, 1.807) is 6.07 Å². The van der Waals surface area contributed by atoms with Crippen LogP contribution in [-0.2, 0) is 11.3 Å². The highest BCUT2D eigenvalue weighted by atomic mass is 16.5. The van der Waals surface area contributed by atoms with Gasteiger partial charge in [-0.15, -0.1) is 0 Å². The molecule has 112 valence electrons. The minimum absolute atomic E-state index is 0.288. The number of esters is 1. The first-order chi connectivity index (χ1) is 10.2. The lowest BCUT2D eigenvalue weighted by Crippen LogP contribution is -2.43. The molecule has 5 nitrogen and oxygen atoms in total. The summed E-state index contributed by atoms with van der Waals surface area (Å²) in [5.41, 5.74) is 2.90. The van der Waals surface area contributed by atoms with Gasteiger partial charge in [-0.05, 0) is 30.8 Å². The summed E-state index contributed by atoms with van der Waals surface area (Å²) in [6.45, 7) is 5.30. The zero-order chi connectivity index (χ0) is 14.8. The fourth-order valence-electron chi connectivity index (χ4n) is 2.80. The van der Waals surface area contributed by atoms with Crippen molar-refractivity contribution in [3.63, 3.8) is 0 Å². The second kappa shape index (κ2) is 5.87. The Hall–Kier alpha value is -1.85. The number of piperazine rings is 1. The molecule has 1 fully saturated rings. The molecule has 0 unspecified atom stereocenters. The average molecular weight is 287 g/mol. The molecule has 0 bridgehead atoms. The number of aromatic nitrogens is 1. The van der Waals surface area contributed by atoms with Gasteiger partial charge in [0.1, 0.15) is 0 Å². The van der Waals surface area contributed by atoms with Crippen molar-refractivity contribution in [2.45, 2.75) is 6.54 Å². The van der Waals surface area contributed by atoms with E-state index in [2.05, 4.69) is 21.8 Å². The molecule has 0 saturated carbocycles. The molecule has 21 heavy (non-hydrogen) atoms. The zero-order valence-corrected chi connectivity index (χ0v) is 12.6. The van der Waals surface area contributed by atoms with Crippen LogP contribution in [0.2, 0.25) is 0 Å². The van der Waals surface area contributed by atoms with Crippen LogP contribution >= 0.6 is 0 Å². The van der Waals surface area contributed by atoms with Gasteiger partial charge in [0.2, 0.25) is 0 Å². The Bertz CT molecular complexity index is 642. The minimum Gasteiger partial charge on any atom is -0.465 e. The van der Waals surface area contributed by atoms with E-state index in [-0.39, 0.29) is 5.97 Å². The second-order valence-electron chi connectivity index (χ2n) is 5.65. The third kappa shape index (κ3) is 2.94. The van der Waals surface area contributed by atoms with Gasteiger partial charge in [-0.25, -0.2) is 4.79 Å². The number of carbonyl (C=O) groups excluding carboxylic acids is 1. The van der Waals surface area contributed by atoms with Crippen LogP contribution in [0.15, 0.2) is 24.4 Å². The van der Waals surface area contributed by atoms with Crippen molar-refractivity contribution < 1.29 is 9.53 Å². The van der Waals surface area contributed by atoms with Crippen LogP contribution in [0.1, 0.15) is 15.9 Å². The SMILES string of the molecule is COC(=O)c1ccc2[nH]cc(CN3CCN(C)CC3)c2c1. The summed E-state index contributed by atoms with van der Waals surface area (Å²) in [7, 11) is 3.57. The smallest absolute Gasteiger partial charge is 0.337 e. The summed E-state index contributed by atoms with van der Waals surface area (Å²) in [6, 6.07) is 5.66. The number of carbonyl (C=O) groups is 1. The number of ether oxygens (including phenoxy) is 1. The van der Waals surface area contributed by atoms with E-state index >= 15 is 0 Å². The van der Waals surface area contributed by atoms with Crippen molar-refractivity contribution in [2.24, 2.45) is 0 Å². The summed E-state index contributed by atoms with van der Waals surface area (Å²) >= 11 is 0. The van der Waals surface area contributed by atoms with Crippen molar-refractivity contribution >= 4 is 16.9 Å². The Morgan fingerprint density at radius 2 is 2.05 bits per heavy atom. The van der Waals surface area contributed by atoms with E-state index < -0.39 is 0 Å². The molecule has 3 rings (SSSR count). The Kier molecular flexibility index (Phi) is 3.94. The first-order valence-corrected chi connectivity index (χ1v) is 7.26. The molecule has 1 N–H and O–H groups in total. The highest BCUT2D eigenvalue weighted by molar-refractivity contribution is 5.95. The first-order valence-electron chi connectivity index (χ1n) is 7.26. The van der Waals surface area contributed by atoms with Crippen molar-refractivity contribution in [3.05, 3.63) is 35.5 Å². The predicted molar refractivity (Wildman–Crippen MR) is 82.4 cm³/mol. The molecule has 2 aromatic rings. The standard InChI is InChI=1S/C16H21N3O2/c1-18-5-7-19(8-6-18)11-13-10-17-15-4-3-12(9-14(13)15)16(20)21-2/h3-4,9-10,17H,5-8,11H2,1-2H3. The van der Waals surface area contributed by atoms with Crippen LogP contribution in [0.3, 0.4) is 0 Å². The number of fused-ring (bicyclic) bond motifs is 1.